The van der Waals surface area contributed by atoms with Gasteiger partial charge in [0, 0.05) is 31.0 Å². The van der Waals surface area contributed by atoms with Gasteiger partial charge >= 0.3 is 0 Å². The number of halogens is 7. The van der Waals surface area contributed by atoms with E-state index in [0.29, 0.717) is 0 Å². The third-order valence-corrected chi connectivity index (χ3v) is 22.8. The maximum absolute atomic E-state index is 11.7. The minimum atomic E-state index is -2.04. The summed E-state index contributed by atoms with van der Waals surface area (Å²) in [4.78, 5) is 0. The molecular formula is C48H73I7O33. The smallest absolute Gasteiger partial charge is 0.187 e. The van der Waals surface area contributed by atoms with Gasteiger partial charge in [0.25, 0.3) is 0 Å². The lowest BCUT2D eigenvalue weighted by atomic mass is 9.95. The Morgan fingerprint density at radius 1 is 0.170 bits per heavy atom. The Labute approximate surface area is 597 Å². The highest BCUT2D eigenvalue weighted by atomic mass is 127. The maximum atomic E-state index is 11.7. The van der Waals surface area contributed by atoms with Crippen LogP contribution in [-0.2, 0) is 75.8 Å². The number of rotatable bonds is 8. The van der Waals surface area contributed by atoms with Gasteiger partial charge in [-0.25, -0.2) is 0 Å². The molecule has 30 aliphatic heterocycles. The fourth-order valence-electron chi connectivity index (χ4n) is 11.7. The lowest BCUT2D eigenvalue weighted by molar-refractivity contribution is -0.397. The number of ether oxygens (including phenoxy) is 16. The van der Waals surface area contributed by atoms with E-state index in [1.807, 2.05) is 158 Å². The third kappa shape index (κ3) is 15.8. The molecule has 0 radical (unpaired) electrons. The highest BCUT2D eigenvalue weighted by Crippen LogP contribution is 2.41. The normalized spacial score (nSPS) is 55.4. The van der Waals surface area contributed by atoms with Crippen molar-refractivity contribution >= 4 is 158 Å². The summed E-state index contributed by atoms with van der Waals surface area (Å²) in [7, 11) is 0. The molecule has 0 aromatic rings. The Morgan fingerprint density at radius 2 is 0.284 bits per heavy atom. The van der Waals surface area contributed by atoms with Crippen molar-refractivity contribution in [2.45, 2.75) is 246 Å². The molecule has 30 fully saturated rings. The predicted octanol–water partition coefficient (Wildman–Crippen LogP) is -7.31. The van der Waals surface area contributed by atoms with Crippen LogP contribution in [-0.4, -0.2) is 370 Å². The van der Waals surface area contributed by atoms with Crippen LogP contribution in [0.25, 0.3) is 0 Å². The molecule has 0 unspecified atom stereocenters. The summed E-state index contributed by atoms with van der Waals surface area (Å²) >= 11 is 13.3. The minimum Gasteiger partial charge on any atom is -0.394 e. The summed E-state index contributed by atoms with van der Waals surface area (Å²) in [5, 5.41) is 196. The Hall–Kier alpha value is 3.79. The molecule has 0 amide bonds. The molecule has 0 spiro atoms. The number of hydrogen-bond acceptors (Lipinski definition) is 33. The molecule has 40 atom stereocenters. The fourth-order valence-corrected chi connectivity index (χ4v) is 16.7. The average Bonchev–Trinajstić information content (AvgIpc) is 1.09. The molecule has 0 aromatic heterocycles. The van der Waals surface area contributed by atoms with E-state index in [9.17, 15) is 86.8 Å². The van der Waals surface area contributed by atoms with Gasteiger partial charge < -0.3 is 163 Å². The first-order valence-electron chi connectivity index (χ1n) is 27.8. The number of aliphatic hydroxyl groups is 17. The molecule has 0 saturated carbocycles. The lowest BCUT2D eigenvalue weighted by Gasteiger charge is -2.50. The van der Waals surface area contributed by atoms with Crippen molar-refractivity contribution in [3.05, 3.63) is 0 Å². The van der Waals surface area contributed by atoms with Gasteiger partial charge in [0.2, 0.25) is 0 Å². The van der Waals surface area contributed by atoms with Crippen LogP contribution >= 0.6 is 158 Å². The summed E-state index contributed by atoms with van der Waals surface area (Å²) in [5.74, 6) is 0. The molecule has 30 saturated heterocycles. The maximum Gasteiger partial charge on any atom is 0.187 e. The van der Waals surface area contributed by atoms with Crippen molar-refractivity contribution in [2.75, 3.05) is 37.6 Å². The van der Waals surface area contributed by atoms with Crippen LogP contribution in [0, 0.1) is 0 Å². The molecule has 33 nitrogen and oxygen atoms in total. The Kier molecular flexibility index (Phi) is 28.9. The second kappa shape index (κ2) is 33.5. The van der Waals surface area contributed by atoms with Crippen LogP contribution < -0.4 is 0 Å². The van der Waals surface area contributed by atoms with E-state index in [1.54, 1.807) is 0 Å². The van der Waals surface area contributed by atoms with Crippen molar-refractivity contribution in [2.24, 2.45) is 0 Å². The molecule has 30 rings (SSSR count). The average molecular weight is 2070 g/mol. The van der Waals surface area contributed by atoms with Gasteiger partial charge in [-0.2, -0.15) is 0 Å². The minimum absolute atomic E-state index is 0.00567. The Balaban J connectivity index is 0.975. The molecule has 512 valence electrons. The van der Waals surface area contributed by atoms with Crippen LogP contribution in [0.5, 0.6) is 0 Å². The molecule has 30 heterocycles. The zero-order valence-electron chi connectivity index (χ0n) is 45.5. The van der Waals surface area contributed by atoms with Crippen LogP contribution in [0.4, 0.5) is 0 Å². The summed E-state index contributed by atoms with van der Waals surface area (Å²) in [6, 6.07) is 0. The first-order chi connectivity index (χ1) is 41.9. The van der Waals surface area contributed by atoms with Crippen molar-refractivity contribution < 1.29 is 163 Å². The van der Waals surface area contributed by atoms with Crippen molar-refractivity contribution in [3.8, 4) is 0 Å². The van der Waals surface area contributed by atoms with E-state index in [-0.39, 0.29) is 31.0 Å². The summed E-state index contributed by atoms with van der Waals surface area (Å²) in [5.41, 5.74) is 0. The zero-order chi connectivity index (χ0) is 64.1. The first kappa shape index (κ1) is 76.0. The molecule has 0 aromatic carbocycles. The van der Waals surface area contributed by atoms with E-state index < -0.39 is 252 Å². The van der Waals surface area contributed by atoms with E-state index in [2.05, 4.69) is 0 Å². The summed E-state index contributed by atoms with van der Waals surface area (Å²) in [6.45, 7) is -0.916. The van der Waals surface area contributed by atoms with Crippen molar-refractivity contribution in [1.82, 2.24) is 0 Å². The Bertz CT molecular complexity index is 1730. The van der Waals surface area contributed by atoms with E-state index >= 15 is 0 Å². The Morgan fingerprint density at radius 3 is 0.398 bits per heavy atom. The van der Waals surface area contributed by atoms with Crippen LogP contribution in [0.3, 0.4) is 0 Å². The van der Waals surface area contributed by atoms with Crippen LogP contribution in [0.15, 0.2) is 0 Å². The molecule has 40 heteroatoms. The number of alkyl halides is 7. The van der Waals surface area contributed by atoms with Crippen molar-refractivity contribution in [1.29, 1.82) is 0 Å². The number of aliphatic hydroxyl groups excluding tert-OH is 17. The van der Waals surface area contributed by atoms with Crippen LogP contribution in [0.2, 0.25) is 0 Å². The predicted molar refractivity (Wildman–Crippen MR) is 344 cm³/mol. The van der Waals surface area contributed by atoms with Gasteiger partial charge in [0.1, 0.15) is 153 Å². The summed E-state index contributed by atoms with van der Waals surface area (Å²) < 4.78 is 97.1. The molecular weight excluding hydrogens is 1990 g/mol. The van der Waals surface area contributed by atoms with Gasteiger partial charge in [-0.3, -0.25) is 0 Å². The largest absolute Gasteiger partial charge is 0.394 e. The molecule has 30 aliphatic rings. The van der Waals surface area contributed by atoms with E-state index in [0.717, 1.165) is 0 Å². The SMILES string of the molecule is OC[C@H]1O[C@@H]2O[C@H]3[C@H](O)[C@@H](O)[C@@H](O[C@H]4[C@H](O)[C@@H](O)[C@@H](O[C@H]5[C@H](O)[C@@H](O)[C@@H](O[C@H]6[C@H](O)[C@@H](O)[C@@H](O[C@H]7[C@H](O)[C@@H](O)[C@@H](O[C@H]8[C@H](O)[C@@H](O)[C@@H](O[C@H]9[C@H](O)[C@@H](O)[C@@H](O[C@H]1[C@H](O)[C@H]2O)O[C@@H]9CI)O[C@@H]8CI)O[C@@H]7CI)O[C@@H]6CI)O[C@@H]5CI)O[C@@H]4CI)O[C@@H]3CI. The monoisotopic (exact) mass is 2070 g/mol. The second-order valence-corrected chi connectivity index (χ2v) is 28.4. The standard InChI is InChI=1S/C48H73I7O33/c49-1-9-33-17(57)25(65)41(73-9)82-34-10(2-50)75-43(27(67)19(34)59)84-36-12(4-52)77-45(29(69)21(36)61)86-38-14(6-54)79-47(31(71)23(38)63)88-40-16(8-56)80-48(32(72)24(40)64)87-39-15(7-55)78-46(30(70)22(39)62)85-37-13(5-53)76-44(28(68)20(37)60)83-35-11(3-51)74-42(81-33)26(66)18(35)58/h9-48,56-72H,1-8H2/t9-,10-,11-,12-,13-,14-,15-,16-,17-,18-,19-,20-,21-,22-,23-,24-,25-,26-,27-,28-,29-,30-,31-,32-,33-,34-,35-,36-,37-,38-,39-,40-,41-,42-,43-,44-,45-,46-,47-,48-/m1/s1. The van der Waals surface area contributed by atoms with E-state index in [1.165, 1.54) is 0 Å². The highest BCUT2D eigenvalue weighted by Gasteiger charge is 2.60. The molecule has 17 N–H and O–H groups in total. The van der Waals surface area contributed by atoms with E-state index in [4.69, 9.17) is 75.8 Å². The molecule has 16 bridgehead atoms. The van der Waals surface area contributed by atoms with Crippen LogP contribution in [0.1, 0.15) is 0 Å². The van der Waals surface area contributed by atoms with Gasteiger partial charge in [0.15, 0.2) is 50.3 Å². The van der Waals surface area contributed by atoms with Gasteiger partial charge in [-0.1, -0.05) is 158 Å². The van der Waals surface area contributed by atoms with Gasteiger partial charge in [-0.15, -0.1) is 0 Å². The molecule has 88 heavy (non-hydrogen) atoms. The second-order valence-electron chi connectivity index (χ2n) is 22.3. The van der Waals surface area contributed by atoms with Gasteiger partial charge in [0.05, 0.1) is 49.3 Å². The number of hydrogen-bond donors (Lipinski definition) is 17. The topological polar surface area (TPSA) is 492 Å². The lowest BCUT2D eigenvalue weighted by Crippen LogP contribution is -2.68. The van der Waals surface area contributed by atoms with Gasteiger partial charge in [-0.05, 0) is 0 Å². The van der Waals surface area contributed by atoms with Crippen molar-refractivity contribution in [3.63, 3.8) is 0 Å². The molecule has 0 aliphatic carbocycles. The summed E-state index contributed by atoms with van der Waals surface area (Å²) in [6.07, 6.45) is -67.0. The quantitative estimate of drug-likeness (QED) is 0.0793. The first-order valence-corrected chi connectivity index (χ1v) is 38.5. The third-order valence-electron chi connectivity index (χ3n) is 16.7. The highest BCUT2D eigenvalue weighted by molar-refractivity contribution is 14.1. The fraction of sp³-hybridized carbons (Fsp3) is 1.00. The zero-order valence-corrected chi connectivity index (χ0v) is 60.6.